The van der Waals surface area contributed by atoms with Crippen molar-refractivity contribution in [3.05, 3.63) is 47.2 Å². The molecule has 0 aromatic heterocycles. The van der Waals surface area contributed by atoms with Crippen LogP contribution in [-0.2, 0) is 9.47 Å². The monoisotopic (exact) mass is 224 g/mol. The van der Waals surface area contributed by atoms with E-state index in [1.807, 2.05) is 0 Å². The van der Waals surface area contributed by atoms with Crippen molar-refractivity contribution in [2.24, 2.45) is 11.5 Å². The highest BCUT2D eigenvalue weighted by Gasteiger charge is 2.28. The van der Waals surface area contributed by atoms with Crippen LogP contribution in [0, 0.1) is 5.82 Å². The standard InChI is InChI=1S/C11H13FN2O2/c12-8-4-2-1-3-7(8)11-15-9(5-13)10(6-14)16-11/h1-4,11H,5-6,13-14H2. The Bertz CT molecular complexity index is 404. The average Bonchev–Trinajstić information content (AvgIpc) is 2.72. The summed E-state index contributed by atoms with van der Waals surface area (Å²) < 4.78 is 24.2. The van der Waals surface area contributed by atoms with Gasteiger partial charge in [0.05, 0.1) is 18.7 Å². The lowest BCUT2D eigenvalue weighted by Gasteiger charge is -2.12. The second-order valence-electron chi connectivity index (χ2n) is 3.34. The zero-order chi connectivity index (χ0) is 11.5. The third-order valence-electron chi connectivity index (χ3n) is 2.34. The first kappa shape index (κ1) is 10.9. The van der Waals surface area contributed by atoms with Crippen molar-refractivity contribution in [3.8, 4) is 0 Å². The predicted octanol–water partition coefficient (Wildman–Crippen LogP) is 1.00. The lowest BCUT2D eigenvalue weighted by Crippen LogP contribution is -2.09. The van der Waals surface area contributed by atoms with Gasteiger partial charge in [0.25, 0.3) is 6.29 Å². The van der Waals surface area contributed by atoms with E-state index in [2.05, 4.69) is 0 Å². The molecule has 1 aromatic rings. The van der Waals surface area contributed by atoms with Gasteiger partial charge >= 0.3 is 0 Å². The number of nitrogens with two attached hydrogens (primary N) is 2. The van der Waals surface area contributed by atoms with Crippen LogP contribution in [0.5, 0.6) is 0 Å². The van der Waals surface area contributed by atoms with Gasteiger partial charge in [0.2, 0.25) is 0 Å². The molecule has 4 N–H and O–H groups in total. The van der Waals surface area contributed by atoms with E-state index in [0.29, 0.717) is 17.1 Å². The predicted molar refractivity (Wildman–Crippen MR) is 56.4 cm³/mol. The molecule has 4 nitrogen and oxygen atoms in total. The summed E-state index contributed by atoms with van der Waals surface area (Å²) >= 11 is 0. The molecular formula is C11H13FN2O2. The Hall–Kier alpha value is -1.59. The molecular weight excluding hydrogens is 211 g/mol. The van der Waals surface area contributed by atoms with Gasteiger partial charge in [-0.2, -0.15) is 0 Å². The zero-order valence-corrected chi connectivity index (χ0v) is 8.65. The molecule has 1 aliphatic heterocycles. The molecule has 1 aliphatic rings. The van der Waals surface area contributed by atoms with E-state index >= 15 is 0 Å². The molecule has 86 valence electrons. The second-order valence-corrected chi connectivity index (χ2v) is 3.34. The summed E-state index contributed by atoms with van der Waals surface area (Å²) in [5.41, 5.74) is 11.3. The molecule has 0 atom stereocenters. The molecule has 1 heterocycles. The van der Waals surface area contributed by atoms with Crippen LogP contribution in [0.25, 0.3) is 0 Å². The van der Waals surface area contributed by atoms with E-state index < -0.39 is 6.29 Å². The molecule has 0 spiro atoms. The minimum Gasteiger partial charge on any atom is -0.450 e. The molecule has 0 radical (unpaired) electrons. The quantitative estimate of drug-likeness (QED) is 0.803. The van der Waals surface area contributed by atoms with Crippen LogP contribution in [0.15, 0.2) is 35.8 Å². The van der Waals surface area contributed by atoms with Crippen molar-refractivity contribution in [3.63, 3.8) is 0 Å². The Kier molecular flexibility index (Phi) is 3.07. The minimum absolute atomic E-state index is 0.192. The van der Waals surface area contributed by atoms with E-state index in [1.54, 1.807) is 18.2 Å². The van der Waals surface area contributed by atoms with Crippen LogP contribution in [0.4, 0.5) is 4.39 Å². The van der Waals surface area contributed by atoms with Crippen molar-refractivity contribution in [1.29, 1.82) is 0 Å². The Morgan fingerprint density at radius 2 is 1.62 bits per heavy atom. The second kappa shape index (κ2) is 4.51. The summed E-state index contributed by atoms with van der Waals surface area (Å²) in [5.74, 6) is 0.591. The molecule has 5 heteroatoms. The van der Waals surface area contributed by atoms with Crippen molar-refractivity contribution in [2.75, 3.05) is 13.1 Å². The van der Waals surface area contributed by atoms with Crippen molar-refractivity contribution in [2.45, 2.75) is 6.29 Å². The number of benzene rings is 1. The van der Waals surface area contributed by atoms with Crippen molar-refractivity contribution >= 4 is 0 Å². The number of hydrogen-bond donors (Lipinski definition) is 2. The first-order valence-electron chi connectivity index (χ1n) is 4.96. The highest BCUT2D eigenvalue weighted by atomic mass is 19.1. The Morgan fingerprint density at radius 3 is 2.12 bits per heavy atom. The third-order valence-corrected chi connectivity index (χ3v) is 2.34. The number of ether oxygens (including phenoxy) is 2. The molecule has 0 saturated heterocycles. The molecule has 0 amide bonds. The summed E-state index contributed by atoms with van der Waals surface area (Å²) in [7, 11) is 0. The normalized spacial score (nSPS) is 16.2. The lowest BCUT2D eigenvalue weighted by molar-refractivity contribution is -0.0443. The first-order chi connectivity index (χ1) is 7.76. The largest absolute Gasteiger partial charge is 0.450 e. The van der Waals surface area contributed by atoms with Gasteiger partial charge in [-0.3, -0.25) is 0 Å². The zero-order valence-electron chi connectivity index (χ0n) is 8.65. The van der Waals surface area contributed by atoms with E-state index in [9.17, 15) is 4.39 Å². The topological polar surface area (TPSA) is 70.5 Å². The Morgan fingerprint density at radius 1 is 1.06 bits per heavy atom. The summed E-state index contributed by atoms with van der Waals surface area (Å²) in [6.45, 7) is 0.384. The Labute approximate surface area is 92.6 Å². The molecule has 1 aromatic carbocycles. The summed E-state index contributed by atoms with van der Waals surface area (Å²) in [5, 5.41) is 0. The maximum absolute atomic E-state index is 13.5. The fourth-order valence-corrected chi connectivity index (χ4v) is 1.53. The minimum atomic E-state index is -0.779. The van der Waals surface area contributed by atoms with Crippen LogP contribution in [0.2, 0.25) is 0 Å². The first-order valence-corrected chi connectivity index (χ1v) is 4.96. The van der Waals surface area contributed by atoms with Crippen LogP contribution in [-0.4, -0.2) is 13.1 Å². The van der Waals surface area contributed by atoms with Crippen molar-refractivity contribution < 1.29 is 13.9 Å². The van der Waals surface area contributed by atoms with Gasteiger partial charge in [-0.1, -0.05) is 12.1 Å². The van der Waals surface area contributed by atoms with Gasteiger partial charge < -0.3 is 20.9 Å². The highest BCUT2D eigenvalue weighted by Crippen LogP contribution is 2.33. The Balaban J connectivity index is 2.20. The summed E-state index contributed by atoms with van der Waals surface area (Å²) in [6.07, 6.45) is -0.779. The van der Waals surface area contributed by atoms with E-state index in [0.717, 1.165) is 0 Å². The lowest BCUT2D eigenvalue weighted by atomic mass is 10.2. The number of hydrogen-bond acceptors (Lipinski definition) is 4. The van der Waals surface area contributed by atoms with E-state index in [1.165, 1.54) is 6.07 Å². The molecule has 16 heavy (non-hydrogen) atoms. The van der Waals surface area contributed by atoms with Crippen LogP contribution < -0.4 is 11.5 Å². The fraction of sp³-hybridized carbons (Fsp3) is 0.273. The van der Waals surface area contributed by atoms with Crippen molar-refractivity contribution in [1.82, 2.24) is 0 Å². The molecule has 2 rings (SSSR count). The molecule has 0 bridgehead atoms. The molecule has 0 aliphatic carbocycles. The maximum Gasteiger partial charge on any atom is 0.270 e. The molecule has 0 saturated carbocycles. The smallest absolute Gasteiger partial charge is 0.270 e. The average molecular weight is 224 g/mol. The number of halogens is 1. The van der Waals surface area contributed by atoms with Crippen LogP contribution >= 0.6 is 0 Å². The van der Waals surface area contributed by atoms with Gasteiger partial charge in [0.15, 0.2) is 11.5 Å². The fourth-order valence-electron chi connectivity index (χ4n) is 1.53. The van der Waals surface area contributed by atoms with E-state index in [-0.39, 0.29) is 18.9 Å². The van der Waals surface area contributed by atoms with Gasteiger partial charge in [0, 0.05) is 0 Å². The highest BCUT2D eigenvalue weighted by molar-refractivity contribution is 5.22. The summed E-state index contributed by atoms with van der Waals surface area (Å²) in [6, 6.07) is 6.28. The third kappa shape index (κ3) is 1.87. The van der Waals surface area contributed by atoms with Gasteiger partial charge in [-0.05, 0) is 12.1 Å². The van der Waals surface area contributed by atoms with Gasteiger partial charge in [-0.15, -0.1) is 0 Å². The molecule has 0 fully saturated rings. The van der Waals surface area contributed by atoms with Crippen LogP contribution in [0.3, 0.4) is 0 Å². The van der Waals surface area contributed by atoms with Crippen LogP contribution in [0.1, 0.15) is 11.9 Å². The van der Waals surface area contributed by atoms with E-state index in [4.69, 9.17) is 20.9 Å². The molecule has 0 unspecified atom stereocenters. The maximum atomic E-state index is 13.5. The number of rotatable bonds is 3. The van der Waals surface area contributed by atoms with Gasteiger partial charge in [0.1, 0.15) is 5.82 Å². The SMILES string of the molecule is NCC1=C(CN)OC(c2ccccc2F)O1. The van der Waals surface area contributed by atoms with Gasteiger partial charge in [-0.25, -0.2) is 4.39 Å². The summed E-state index contributed by atoms with van der Waals surface area (Å²) in [4.78, 5) is 0.